The molecule has 0 saturated heterocycles. The van der Waals surface area contributed by atoms with Crippen LogP contribution in [0.25, 0.3) is 0 Å². The van der Waals surface area contributed by atoms with Crippen LogP contribution >= 0.6 is 11.6 Å². The van der Waals surface area contributed by atoms with Gasteiger partial charge < -0.3 is 16.2 Å². The molecular formula is C14H19ClN2O2. The van der Waals surface area contributed by atoms with Crippen LogP contribution in [0.5, 0.6) is 0 Å². The molecule has 0 aliphatic heterocycles. The summed E-state index contributed by atoms with van der Waals surface area (Å²) in [4.78, 5) is 12.1. The summed E-state index contributed by atoms with van der Waals surface area (Å²) in [7, 11) is 0. The average Bonchev–Trinajstić information content (AvgIpc) is 2.86. The van der Waals surface area contributed by atoms with Gasteiger partial charge in [0.25, 0.3) is 5.91 Å². The molecule has 5 heteroatoms. The molecule has 0 bridgehead atoms. The SMILES string of the molecule is Nc1ccc(Cl)cc1C(=O)NCC1CCCC1CO. The molecule has 0 aromatic heterocycles. The highest BCUT2D eigenvalue weighted by Crippen LogP contribution is 2.30. The molecule has 1 aromatic carbocycles. The maximum atomic E-state index is 12.1. The van der Waals surface area contributed by atoms with Crippen molar-refractivity contribution in [3.63, 3.8) is 0 Å². The number of rotatable bonds is 4. The third-order valence-corrected chi connectivity index (χ3v) is 4.07. The molecule has 1 aliphatic carbocycles. The molecule has 0 spiro atoms. The van der Waals surface area contributed by atoms with Crippen LogP contribution in [-0.2, 0) is 0 Å². The molecule has 1 aliphatic rings. The van der Waals surface area contributed by atoms with E-state index in [2.05, 4.69) is 5.32 Å². The smallest absolute Gasteiger partial charge is 0.253 e. The van der Waals surface area contributed by atoms with Crippen molar-refractivity contribution in [3.8, 4) is 0 Å². The Hall–Kier alpha value is -1.26. The molecule has 4 nitrogen and oxygen atoms in total. The summed E-state index contributed by atoms with van der Waals surface area (Å²) in [6, 6.07) is 4.86. The molecule has 1 aromatic rings. The van der Waals surface area contributed by atoms with E-state index in [1.165, 1.54) is 0 Å². The van der Waals surface area contributed by atoms with Crippen molar-refractivity contribution in [2.75, 3.05) is 18.9 Å². The molecule has 19 heavy (non-hydrogen) atoms. The third kappa shape index (κ3) is 3.39. The van der Waals surface area contributed by atoms with E-state index >= 15 is 0 Å². The van der Waals surface area contributed by atoms with Gasteiger partial charge in [-0.1, -0.05) is 18.0 Å². The van der Waals surface area contributed by atoms with Crippen LogP contribution in [0, 0.1) is 11.8 Å². The Morgan fingerprint density at radius 1 is 1.42 bits per heavy atom. The normalized spacial score (nSPS) is 22.4. The Bertz CT molecular complexity index is 465. The quantitative estimate of drug-likeness (QED) is 0.740. The predicted molar refractivity (Wildman–Crippen MR) is 76.1 cm³/mol. The first-order chi connectivity index (χ1) is 9.11. The number of benzene rings is 1. The van der Waals surface area contributed by atoms with Crippen molar-refractivity contribution in [3.05, 3.63) is 28.8 Å². The van der Waals surface area contributed by atoms with E-state index < -0.39 is 0 Å². The van der Waals surface area contributed by atoms with Crippen LogP contribution in [0.4, 0.5) is 5.69 Å². The number of nitrogens with two attached hydrogens (primary N) is 1. The zero-order valence-electron chi connectivity index (χ0n) is 10.7. The Labute approximate surface area is 117 Å². The molecule has 0 heterocycles. The van der Waals surface area contributed by atoms with E-state index in [1.807, 2.05) is 0 Å². The van der Waals surface area contributed by atoms with E-state index in [0.717, 1.165) is 19.3 Å². The zero-order chi connectivity index (χ0) is 13.8. The largest absolute Gasteiger partial charge is 0.398 e. The first kappa shape index (κ1) is 14.2. The molecule has 1 saturated carbocycles. The van der Waals surface area contributed by atoms with Gasteiger partial charge in [-0.3, -0.25) is 4.79 Å². The van der Waals surface area contributed by atoms with Crippen molar-refractivity contribution in [1.82, 2.24) is 5.32 Å². The second kappa shape index (κ2) is 6.26. The highest BCUT2D eigenvalue weighted by Gasteiger charge is 2.27. The summed E-state index contributed by atoms with van der Waals surface area (Å²) < 4.78 is 0. The lowest BCUT2D eigenvalue weighted by Gasteiger charge is -2.18. The van der Waals surface area contributed by atoms with Gasteiger partial charge in [-0.05, 0) is 42.9 Å². The van der Waals surface area contributed by atoms with E-state index in [-0.39, 0.29) is 12.5 Å². The average molecular weight is 283 g/mol. The number of halogens is 1. The van der Waals surface area contributed by atoms with Crippen molar-refractivity contribution in [2.45, 2.75) is 19.3 Å². The Morgan fingerprint density at radius 3 is 2.89 bits per heavy atom. The molecule has 4 N–H and O–H groups in total. The molecule has 1 amide bonds. The highest BCUT2D eigenvalue weighted by atomic mass is 35.5. The first-order valence-electron chi connectivity index (χ1n) is 6.56. The maximum absolute atomic E-state index is 12.1. The van der Waals surface area contributed by atoms with Crippen LogP contribution in [0.1, 0.15) is 29.6 Å². The lowest BCUT2D eigenvalue weighted by atomic mass is 9.97. The lowest BCUT2D eigenvalue weighted by molar-refractivity contribution is 0.0938. The van der Waals surface area contributed by atoms with Crippen LogP contribution in [0.3, 0.4) is 0 Å². The summed E-state index contributed by atoms with van der Waals surface area (Å²) in [6.07, 6.45) is 3.21. The fourth-order valence-electron chi connectivity index (χ4n) is 2.67. The molecule has 2 atom stereocenters. The van der Waals surface area contributed by atoms with E-state index in [4.69, 9.17) is 17.3 Å². The summed E-state index contributed by atoms with van der Waals surface area (Å²) in [5, 5.41) is 12.6. The van der Waals surface area contributed by atoms with Gasteiger partial charge in [0.1, 0.15) is 0 Å². The number of carbonyl (C=O) groups is 1. The molecule has 2 rings (SSSR count). The number of amides is 1. The molecule has 0 radical (unpaired) electrons. The van der Waals surface area contributed by atoms with Crippen molar-refractivity contribution in [2.24, 2.45) is 11.8 Å². The Morgan fingerprint density at radius 2 is 2.16 bits per heavy atom. The number of aliphatic hydroxyl groups excluding tert-OH is 1. The summed E-state index contributed by atoms with van der Waals surface area (Å²) in [5.74, 6) is 0.454. The number of nitrogen functional groups attached to an aromatic ring is 1. The van der Waals surface area contributed by atoms with Crippen molar-refractivity contribution >= 4 is 23.2 Å². The zero-order valence-corrected chi connectivity index (χ0v) is 11.5. The van der Waals surface area contributed by atoms with Crippen LogP contribution in [0.2, 0.25) is 5.02 Å². The van der Waals surface area contributed by atoms with Gasteiger partial charge in [0.05, 0.1) is 5.56 Å². The highest BCUT2D eigenvalue weighted by molar-refractivity contribution is 6.31. The number of anilines is 1. The topological polar surface area (TPSA) is 75.4 Å². The van der Waals surface area contributed by atoms with Gasteiger partial charge in [0.15, 0.2) is 0 Å². The first-order valence-corrected chi connectivity index (χ1v) is 6.93. The van der Waals surface area contributed by atoms with Crippen LogP contribution in [0.15, 0.2) is 18.2 Å². The van der Waals surface area contributed by atoms with Gasteiger partial charge in [-0.15, -0.1) is 0 Å². The maximum Gasteiger partial charge on any atom is 0.253 e. The van der Waals surface area contributed by atoms with Crippen molar-refractivity contribution < 1.29 is 9.90 Å². The lowest BCUT2D eigenvalue weighted by Crippen LogP contribution is -2.32. The number of hydrogen-bond donors (Lipinski definition) is 3. The standard InChI is InChI=1S/C14H19ClN2O2/c15-11-4-5-13(16)12(6-11)14(19)17-7-9-2-1-3-10(9)8-18/h4-6,9-10,18H,1-3,7-8,16H2,(H,17,19). The number of nitrogens with one attached hydrogen (secondary N) is 1. The Kier molecular flexibility index (Phi) is 4.66. The van der Waals surface area contributed by atoms with Gasteiger partial charge >= 0.3 is 0 Å². The minimum atomic E-state index is -0.205. The van der Waals surface area contributed by atoms with Crippen molar-refractivity contribution in [1.29, 1.82) is 0 Å². The molecule has 1 fully saturated rings. The molecule has 2 unspecified atom stereocenters. The fourth-order valence-corrected chi connectivity index (χ4v) is 2.84. The van der Waals surface area contributed by atoms with Gasteiger partial charge in [-0.25, -0.2) is 0 Å². The summed E-state index contributed by atoms with van der Waals surface area (Å²) in [5.41, 5.74) is 6.60. The van der Waals surface area contributed by atoms with Gasteiger partial charge in [0, 0.05) is 23.9 Å². The minimum Gasteiger partial charge on any atom is -0.398 e. The number of carbonyl (C=O) groups excluding carboxylic acids is 1. The predicted octanol–water partition coefficient (Wildman–Crippen LogP) is 2.06. The summed E-state index contributed by atoms with van der Waals surface area (Å²) in [6.45, 7) is 0.774. The second-order valence-corrected chi connectivity index (χ2v) is 5.51. The fraction of sp³-hybridized carbons (Fsp3) is 0.500. The molecule has 104 valence electrons. The third-order valence-electron chi connectivity index (χ3n) is 3.84. The van der Waals surface area contributed by atoms with E-state index in [0.29, 0.717) is 34.7 Å². The van der Waals surface area contributed by atoms with E-state index in [1.54, 1.807) is 18.2 Å². The molecular weight excluding hydrogens is 264 g/mol. The van der Waals surface area contributed by atoms with Crippen LogP contribution in [-0.4, -0.2) is 24.2 Å². The minimum absolute atomic E-state index is 0.194. The van der Waals surface area contributed by atoms with E-state index in [9.17, 15) is 9.90 Å². The number of aliphatic hydroxyl groups is 1. The second-order valence-electron chi connectivity index (χ2n) is 5.08. The monoisotopic (exact) mass is 282 g/mol. The summed E-state index contributed by atoms with van der Waals surface area (Å²) >= 11 is 5.87. The van der Waals surface area contributed by atoms with Crippen LogP contribution < -0.4 is 11.1 Å². The number of hydrogen-bond acceptors (Lipinski definition) is 3. The Balaban J connectivity index is 1.96. The van der Waals surface area contributed by atoms with Gasteiger partial charge in [-0.2, -0.15) is 0 Å². The van der Waals surface area contributed by atoms with Gasteiger partial charge in [0.2, 0.25) is 0 Å².